The molecule has 0 aromatic carbocycles. The first-order valence-corrected chi connectivity index (χ1v) is 3.72. The number of aromatic nitrogens is 3. The van der Waals surface area contributed by atoms with Crippen LogP contribution in [0.25, 0.3) is 0 Å². The Morgan fingerprint density at radius 2 is 2.36 bits per heavy atom. The summed E-state index contributed by atoms with van der Waals surface area (Å²) in [6, 6.07) is -0.438. The van der Waals surface area contributed by atoms with E-state index < -0.39 is 12.0 Å². The zero-order chi connectivity index (χ0) is 10.6. The predicted molar refractivity (Wildman–Crippen MR) is 45.7 cm³/mol. The molecule has 3 N–H and O–H groups in total. The lowest BCUT2D eigenvalue weighted by atomic mass is 10.7. The highest BCUT2D eigenvalue weighted by molar-refractivity contribution is 5.87. The molecular formula is C6H9N5O3. The second kappa shape index (κ2) is 4.21. The number of amides is 2. The van der Waals surface area contributed by atoms with Gasteiger partial charge in [0.2, 0.25) is 0 Å². The van der Waals surface area contributed by atoms with Crippen molar-refractivity contribution in [3.05, 3.63) is 6.20 Å². The molecule has 0 saturated carbocycles. The number of hydrogen-bond donors (Lipinski definition) is 3. The molecule has 0 aliphatic rings. The van der Waals surface area contributed by atoms with E-state index in [9.17, 15) is 9.59 Å². The lowest BCUT2D eigenvalue weighted by molar-refractivity contribution is -0.138. The molecule has 1 aromatic rings. The Labute approximate surface area is 78.9 Å². The Hall–Kier alpha value is -2.12. The van der Waals surface area contributed by atoms with Crippen LogP contribution in [-0.2, 0) is 11.3 Å². The van der Waals surface area contributed by atoms with Crippen LogP contribution in [0.1, 0.15) is 0 Å². The van der Waals surface area contributed by atoms with Crippen LogP contribution in [0, 0.1) is 0 Å². The molecule has 76 valence electrons. The largest absolute Gasteiger partial charge is 0.480 e. The standard InChI is InChI=1S/C6H9N5O3/c1-7-6(14)9-4-2-8-11(10-4)3-5(12)13/h2H,3H2,1H3,(H,12,13)(H2,7,9,10,14). The zero-order valence-corrected chi connectivity index (χ0v) is 7.39. The van der Waals surface area contributed by atoms with Gasteiger partial charge in [-0.15, -0.1) is 5.10 Å². The first-order chi connectivity index (χ1) is 6.61. The van der Waals surface area contributed by atoms with Crippen molar-refractivity contribution in [3.63, 3.8) is 0 Å². The monoisotopic (exact) mass is 199 g/mol. The van der Waals surface area contributed by atoms with E-state index in [0.29, 0.717) is 0 Å². The molecule has 0 bridgehead atoms. The molecule has 14 heavy (non-hydrogen) atoms. The highest BCUT2D eigenvalue weighted by atomic mass is 16.4. The van der Waals surface area contributed by atoms with Gasteiger partial charge in [0.25, 0.3) is 0 Å². The van der Waals surface area contributed by atoms with E-state index in [1.165, 1.54) is 13.2 Å². The number of aliphatic carboxylic acids is 1. The second-order valence-corrected chi connectivity index (χ2v) is 2.36. The van der Waals surface area contributed by atoms with Crippen molar-refractivity contribution in [2.45, 2.75) is 6.54 Å². The molecule has 8 nitrogen and oxygen atoms in total. The Kier molecular flexibility index (Phi) is 3.00. The van der Waals surface area contributed by atoms with Crippen LogP contribution in [0.5, 0.6) is 0 Å². The van der Waals surface area contributed by atoms with Crippen molar-refractivity contribution < 1.29 is 14.7 Å². The average Bonchev–Trinajstić information content (AvgIpc) is 2.51. The Morgan fingerprint density at radius 3 is 2.93 bits per heavy atom. The van der Waals surface area contributed by atoms with Gasteiger partial charge < -0.3 is 10.4 Å². The number of hydrogen-bond acceptors (Lipinski definition) is 4. The fourth-order valence-corrected chi connectivity index (χ4v) is 0.731. The molecule has 0 spiro atoms. The van der Waals surface area contributed by atoms with E-state index in [-0.39, 0.29) is 12.4 Å². The summed E-state index contributed by atoms with van der Waals surface area (Å²) in [5, 5.41) is 20.4. The van der Waals surface area contributed by atoms with Crippen molar-refractivity contribution in [1.82, 2.24) is 20.3 Å². The van der Waals surface area contributed by atoms with Gasteiger partial charge in [0.05, 0.1) is 6.20 Å². The normalized spacial score (nSPS) is 9.50. The minimum atomic E-state index is -1.05. The molecule has 1 aromatic heterocycles. The Morgan fingerprint density at radius 1 is 1.64 bits per heavy atom. The van der Waals surface area contributed by atoms with Gasteiger partial charge in [-0.25, -0.2) is 4.79 Å². The summed E-state index contributed by atoms with van der Waals surface area (Å²) < 4.78 is 0. The maximum absolute atomic E-state index is 10.8. The molecule has 0 unspecified atom stereocenters. The molecule has 0 atom stereocenters. The smallest absolute Gasteiger partial charge is 0.327 e. The van der Waals surface area contributed by atoms with Gasteiger partial charge in [-0.2, -0.15) is 9.90 Å². The summed E-state index contributed by atoms with van der Waals surface area (Å²) in [5.41, 5.74) is 0. The third-order valence-electron chi connectivity index (χ3n) is 1.28. The molecule has 2 amide bonds. The number of carbonyl (C=O) groups excluding carboxylic acids is 1. The first kappa shape index (κ1) is 9.96. The van der Waals surface area contributed by atoms with Crippen LogP contribution >= 0.6 is 0 Å². The van der Waals surface area contributed by atoms with Gasteiger partial charge in [-0.05, 0) is 0 Å². The summed E-state index contributed by atoms with van der Waals surface area (Å²) >= 11 is 0. The van der Waals surface area contributed by atoms with E-state index in [2.05, 4.69) is 20.8 Å². The molecule has 0 saturated heterocycles. The maximum Gasteiger partial charge on any atom is 0.327 e. The number of nitrogens with zero attached hydrogens (tertiary/aromatic N) is 3. The van der Waals surface area contributed by atoms with Gasteiger partial charge in [-0.1, -0.05) is 0 Å². The number of rotatable bonds is 3. The van der Waals surface area contributed by atoms with Gasteiger partial charge >= 0.3 is 12.0 Å². The molecule has 0 radical (unpaired) electrons. The van der Waals surface area contributed by atoms with Gasteiger partial charge in [0.15, 0.2) is 12.4 Å². The number of anilines is 1. The molecule has 0 aliphatic carbocycles. The van der Waals surface area contributed by atoms with Gasteiger partial charge in [0.1, 0.15) is 0 Å². The number of urea groups is 1. The van der Waals surface area contributed by atoms with Gasteiger partial charge in [0, 0.05) is 7.05 Å². The predicted octanol–water partition coefficient (Wildman–Crippen LogP) is -0.886. The van der Waals surface area contributed by atoms with Crippen molar-refractivity contribution in [2.24, 2.45) is 0 Å². The zero-order valence-electron chi connectivity index (χ0n) is 7.39. The van der Waals surface area contributed by atoms with E-state index in [0.717, 1.165) is 4.80 Å². The van der Waals surface area contributed by atoms with Crippen LogP contribution in [-0.4, -0.2) is 39.1 Å². The molecule has 0 fully saturated rings. The van der Waals surface area contributed by atoms with Crippen LogP contribution in [0.3, 0.4) is 0 Å². The van der Waals surface area contributed by atoms with Crippen molar-refractivity contribution in [2.75, 3.05) is 12.4 Å². The number of nitrogens with one attached hydrogen (secondary N) is 2. The van der Waals surface area contributed by atoms with Crippen LogP contribution < -0.4 is 10.6 Å². The lowest BCUT2D eigenvalue weighted by Crippen LogP contribution is -2.24. The van der Waals surface area contributed by atoms with E-state index >= 15 is 0 Å². The highest BCUT2D eigenvalue weighted by Crippen LogP contribution is 1.97. The quantitative estimate of drug-likeness (QED) is 0.585. The molecule has 1 heterocycles. The van der Waals surface area contributed by atoms with E-state index in [1.54, 1.807) is 0 Å². The molecule has 8 heteroatoms. The van der Waals surface area contributed by atoms with Crippen molar-refractivity contribution in [1.29, 1.82) is 0 Å². The van der Waals surface area contributed by atoms with Gasteiger partial charge in [-0.3, -0.25) is 10.1 Å². The molecular weight excluding hydrogens is 190 g/mol. The maximum atomic E-state index is 10.8. The third-order valence-corrected chi connectivity index (χ3v) is 1.28. The minimum absolute atomic E-state index is 0.200. The second-order valence-electron chi connectivity index (χ2n) is 2.36. The molecule has 1 rings (SSSR count). The Bertz CT molecular complexity index is 347. The fourth-order valence-electron chi connectivity index (χ4n) is 0.731. The minimum Gasteiger partial charge on any atom is -0.480 e. The fraction of sp³-hybridized carbons (Fsp3) is 0.333. The van der Waals surface area contributed by atoms with Crippen LogP contribution in [0.15, 0.2) is 6.20 Å². The number of carboxylic acid groups (broad SMARTS) is 1. The number of carbonyl (C=O) groups is 2. The lowest BCUT2D eigenvalue weighted by Gasteiger charge is -1.97. The average molecular weight is 199 g/mol. The van der Waals surface area contributed by atoms with Crippen LogP contribution in [0.2, 0.25) is 0 Å². The Balaban J connectivity index is 2.59. The summed E-state index contributed by atoms with van der Waals surface area (Å²) in [7, 11) is 1.46. The third kappa shape index (κ3) is 2.73. The van der Waals surface area contributed by atoms with Crippen LogP contribution in [0.4, 0.5) is 10.6 Å². The van der Waals surface area contributed by atoms with E-state index in [4.69, 9.17) is 5.11 Å². The summed E-state index contributed by atoms with van der Waals surface area (Å²) in [6.45, 7) is -0.338. The summed E-state index contributed by atoms with van der Waals surface area (Å²) in [6.07, 6.45) is 1.26. The first-order valence-electron chi connectivity index (χ1n) is 3.72. The van der Waals surface area contributed by atoms with Crippen molar-refractivity contribution in [3.8, 4) is 0 Å². The summed E-state index contributed by atoms with van der Waals surface area (Å²) in [4.78, 5) is 22.0. The van der Waals surface area contributed by atoms with Crippen molar-refractivity contribution >= 4 is 17.8 Å². The summed E-state index contributed by atoms with van der Waals surface area (Å²) in [5.74, 6) is -0.849. The molecule has 0 aliphatic heterocycles. The SMILES string of the molecule is CNC(=O)Nc1cnn(CC(=O)O)n1. The van der Waals surface area contributed by atoms with E-state index in [1.807, 2.05) is 0 Å². The topological polar surface area (TPSA) is 109 Å². The number of carboxylic acids is 1. The highest BCUT2D eigenvalue weighted by Gasteiger charge is 2.05.